The summed E-state index contributed by atoms with van der Waals surface area (Å²) in [4.78, 5) is 11.1. The van der Waals surface area contributed by atoms with Crippen LogP contribution >= 0.6 is 0 Å². The summed E-state index contributed by atoms with van der Waals surface area (Å²) in [6.45, 7) is 6.72. The van der Waals surface area contributed by atoms with Crippen LogP contribution in [0.1, 0.15) is 34.7 Å². The quantitative estimate of drug-likeness (QED) is 0.879. The Kier molecular flexibility index (Phi) is 3.80. The van der Waals surface area contributed by atoms with Crippen molar-refractivity contribution in [1.82, 2.24) is 5.32 Å². The molecule has 1 aliphatic heterocycles. The van der Waals surface area contributed by atoms with Crippen molar-refractivity contribution in [3.05, 3.63) is 28.3 Å². The monoisotopic (exact) mass is 263 g/mol. The van der Waals surface area contributed by atoms with Crippen molar-refractivity contribution in [3.8, 4) is 5.75 Å². The molecule has 1 heterocycles. The molecule has 0 amide bonds. The highest BCUT2D eigenvalue weighted by molar-refractivity contribution is 5.71. The minimum absolute atomic E-state index is 0.130. The highest BCUT2D eigenvalue weighted by Crippen LogP contribution is 2.36. The lowest BCUT2D eigenvalue weighted by Gasteiger charge is -2.20. The van der Waals surface area contributed by atoms with Crippen LogP contribution in [-0.2, 0) is 4.79 Å². The van der Waals surface area contributed by atoms with Gasteiger partial charge >= 0.3 is 5.97 Å². The van der Waals surface area contributed by atoms with Crippen LogP contribution in [0.5, 0.6) is 5.75 Å². The largest absolute Gasteiger partial charge is 0.496 e. The van der Waals surface area contributed by atoms with Crippen LogP contribution in [0.3, 0.4) is 0 Å². The van der Waals surface area contributed by atoms with Crippen LogP contribution in [0.25, 0.3) is 0 Å². The summed E-state index contributed by atoms with van der Waals surface area (Å²) in [6, 6.07) is 2.17. The topological polar surface area (TPSA) is 58.6 Å². The Morgan fingerprint density at radius 2 is 2.05 bits per heavy atom. The summed E-state index contributed by atoms with van der Waals surface area (Å²) >= 11 is 0. The molecule has 0 bridgehead atoms. The lowest BCUT2D eigenvalue weighted by molar-refractivity contribution is -0.141. The summed E-state index contributed by atoms with van der Waals surface area (Å²) in [5, 5.41) is 12.4. The zero-order valence-corrected chi connectivity index (χ0v) is 11.9. The van der Waals surface area contributed by atoms with Gasteiger partial charge in [-0.15, -0.1) is 0 Å². The van der Waals surface area contributed by atoms with Crippen LogP contribution in [0.15, 0.2) is 6.07 Å². The molecule has 1 aromatic carbocycles. The van der Waals surface area contributed by atoms with Crippen molar-refractivity contribution in [3.63, 3.8) is 0 Å². The molecule has 2 rings (SSSR count). The molecule has 0 radical (unpaired) electrons. The summed E-state index contributed by atoms with van der Waals surface area (Å²) in [5.41, 5.74) is 4.70. The minimum Gasteiger partial charge on any atom is -0.496 e. The van der Waals surface area contributed by atoms with Crippen LogP contribution < -0.4 is 10.1 Å². The molecule has 1 fully saturated rings. The molecular weight excluding hydrogens is 242 g/mol. The molecule has 4 nitrogen and oxygen atoms in total. The molecule has 2 N–H and O–H groups in total. The second kappa shape index (κ2) is 5.21. The van der Waals surface area contributed by atoms with E-state index in [1.807, 2.05) is 13.0 Å². The number of aliphatic carboxylic acids is 1. The molecule has 2 unspecified atom stereocenters. The first-order valence-electron chi connectivity index (χ1n) is 6.56. The predicted molar refractivity (Wildman–Crippen MR) is 73.7 cm³/mol. The molecule has 0 spiro atoms. The minimum atomic E-state index is -0.712. The van der Waals surface area contributed by atoms with Crippen molar-refractivity contribution in [1.29, 1.82) is 0 Å². The molecule has 0 saturated carbocycles. The van der Waals surface area contributed by atoms with Crippen molar-refractivity contribution in [2.45, 2.75) is 33.2 Å². The molecule has 104 valence electrons. The Morgan fingerprint density at radius 1 is 1.37 bits per heavy atom. The van der Waals surface area contributed by atoms with Crippen molar-refractivity contribution >= 4 is 5.97 Å². The maximum Gasteiger partial charge on any atom is 0.307 e. The second-order valence-electron chi connectivity index (χ2n) is 5.29. The number of aryl methyl sites for hydroxylation is 1. The van der Waals surface area contributed by atoms with Gasteiger partial charge in [-0.05, 0) is 55.5 Å². The number of rotatable bonds is 3. The predicted octanol–water partition coefficient (Wildman–Crippen LogP) is 2.36. The molecule has 0 aromatic heterocycles. The summed E-state index contributed by atoms with van der Waals surface area (Å²) in [5.74, 6) is -0.103. The maximum atomic E-state index is 11.1. The molecular formula is C15H21NO3. The Bertz CT molecular complexity index is 511. The molecule has 19 heavy (non-hydrogen) atoms. The maximum absolute atomic E-state index is 11.1. The van der Waals surface area contributed by atoms with Gasteiger partial charge < -0.3 is 15.2 Å². The van der Waals surface area contributed by atoms with Crippen LogP contribution in [0, 0.1) is 26.7 Å². The number of hydrogen-bond acceptors (Lipinski definition) is 3. The first-order valence-corrected chi connectivity index (χ1v) is 6.56. The van der Waals surface area contributed by atoms with Gasteiger partial charge in [0, 0.05) is 12.6 Å². The summed E-state index contributed by atoms with van der Waals surface area (Å²) in [7, 11) is 1.68. The van der Waals surface area contributed by atoms with E-state index in [0.29, 0.717) is 13.0 Å². The van der Waals surface area contributed by atoms with Crippen LogP contribution in [0.2, 0.25) is 0 Å². The van der Waals surface area contributed by atoms with Gasteiger partial charge in [-0.2, -0.15) is 0 Å². The smallest absolute Gasteiger partial charge is 0.307 e. The van der Waals surface area contributed by atoms with E-state index in [1.165, 1.54) is 11.1 Å². The number of carboxylic acids is 1. The highest BCUT2D eigenvalue weighted by atomic mass is 16.5. The molecule has 1 aliphatic rings. The standard InChI is InChI=1S/C15H21NO3/c1-8-5-13(19-4)9(2)10(3)14(8)12-6-11(7-16-12)15(17)18/h5,11-12,16H,6-7H2,1-4H3,(H,17,18). The molecule has 1 saturated heterocycles. The van der Waals surface area contributed by atoms with E-state index in [4.69, 9.17) is 9.84 Å². The third-order valence-electron chi connectivity index (χ3n) is 4.16. The fraction of sp³-hybridized carbons (Fsp3) is 0.533. The number of methoxy groups -OCH3 is 1. The summed E-state index contributed by atoms with van der Waals surface area (Å²) in [6.07, 6.45) is 0.656. The Labute approximate surface area is 113 Å². The number of ether oxygens (including phenoxy) is 1. The van der Waals surface area contributed by atoms with Gasteiger partial charge in [-0.3, -0.25) is 4.79 Å². The fourth-order valence-electron chi connectivity index (χ4n) is 2.96. The molecule has 2 atom stereocenters. The van der Waals surface area contributed by atoms with E-state index >= 15 is 0 Å². The van der Waals surface area contributed by atoms with Crippen molar-refractivity contribution < 1.29 is 14.6 Å². The first kappa shape index (κ1) is 13.9. The van der Waals surface area contributed by atoms with Crippen LogP contribution in [0.4, 0.5) is 0 Å². The SMILES string of the molecule is COc1cc(C)c(C2CC(C(=O)O)CN2)c(C)c1C. The third-order valence-corrected chi connectivity index (χ3v) is 4.16. The van der Waals surface area contributed by atoms with Gasteiger partial charge in [0.05, 0.1) is 13.0 Å². The Morgan fingerprint density at radius 3 is 2.58 bits per heavy atom. The van der Waals surface area contributed by atoms with Gasteiger partial charge in [0.15, 0.2) is 0 Å². The van der Waals surface area contributed by atoms with Crippen molar-refractivity contribution in [2.24, 2.45) is 5.92 Å². The van der Waals surface area contributed by atoms with E-state index in [9.17, 15) is 4.79 Å². The van der Waals surface area contributed by atoms with E-state index in [2.05, 4.69) is 19.2 Å². The lowest BCUT2D eigenvalue weighted by Crippen LogP contribution is -2.18. The van der Waals surface area contributed by atoms with E-state index in [-0.39, 0.29) is 12.0 Å². The second-order valence-corrected chi connectivity index (χ2v) is 5.29. The number of hydrogen-bond donors (Lipinski definition) is 2. The van der Waals surface area contributed by atoms with E-state index in [1.54, 1.807) is 7.11 Å². The average molecular weight is 263 g/mol. The van der Waals surface area contributed by atoms with E-state index in [0.717, 1.165) is 16.9 Å². The Hall–Kier alpha value is -1.55. The first-order chi connectivity index (χ1) is 8.95. The number of benzene rings is 1. The molecule has 4 heteroatoms. The normalized spacial score (nSPS) is 22.5. The van der Waals surface area contributed by atoms with Gasteiger partial charge in [-0.1, -0.05) is 0 Å². The van der Waals surface area contributed by atoms with Gasteiger partial charge in [-0.25, -0.2) is 0 Å². The Balaban J connectivity index is 2.36. The molecule has 0 aliphatic carbocycles. The number of carbonyl (C=O) groups is 1. The number of carboxylic acid groups (broad SMARTS) is 1. The lowest BCUT2D eigenvalue weighted by atomic mass is 9.90. The van der Waals surface area contributed by atoms with Gasteiger partial charge in [0.2, 0.25) is 0 Å². The van der Waals surface area contributed by atoms with E-state index < -0.39 is 5.97 Å². The zero-order chi connectivity index (χ0) is 14.2. The van der Waals surface area contributed by atoms with Crippen molar-refractivity contribution in [2.75, 3.05) is 13.7 Å². The zero-order valence-electron chi connectivity index (χ0n) is 11.9. The third kappa shape index (κ3) is 2.45. The molecule has 1 aromatic rings. The fourth-order valence-corrected chi connectivity index (χ4v) is 2.96. The van der Waals surface area contributed by atoms with Gasteiger partial charge in [0.25, 0.3) is 0 Å². The highest BCUT2D eigenvalue weighted by Gasteiger charge is 2.32. The number of nitrogens with one attached hydrogen (secondary N) is 1. The van der Waals surface area contributed by atoms with Crippen LogP contribution in [-0.4, -0.2) is 24.7 Å². The average Bonchev–Trinajstić information content (AvgIpc) is 2.83. The van der Waals surface area contributed by atoms with Gasteiger partial charge in [0.1, 0.15) is 5.75 Å². The summed E-state index contributed by atoms with van der Waals surface area (Å²) < 4.78 is 5.37.